The van der Waals surface area contributed by atoms with Gasteiger partial charge in [-0.25, -0.2) is 0 Å². The van der Waals surface area contributed by atoms with Crippen molar-refractivity contribution in [3.05, 3.63) is 107 Å². The molecule has 4 aromatic rings. The molecule has 4 aromatic carbocycles. The van der Waals surface area contributed by atoms with Crippen molar-refractivity contribution in [2.24, 2.45) is 5.92 Å². The average Bonchev–Trinajstić information content (AvgIpc) is 3.51. The molecule has 0 amide bonds. The van der Waals surface area contributed by atoms with Crippen molar-refractivity contribution < 1.29 is 17.9 Å². The van der Waals surface area contributed by atoms with Crippen LogP contribution in [0, 0.1) is 12.8 Å². The second kappa shape index (κ2) is 10.6. The number of benzene rings is 4. The van der Waals surface area contributed by atoms with E-state index in [1.54, 1.807) is 0 Å². The number of rotatable bonds is 6. The first-order chi connectivity index (χ1) is 18.7. The third-order valence-electron chi connectivity index (χ3n) is 9.06. The first-order valence-electron chi connectivity index (χ1n) is 14.3. The Morgan fingerprint density at radius 2 is 1.51 bits per heavy atom. The molecule has 2 unspecified atom stereocenters. The molecule has 0 aromatic heterocycles. The Morgan fingerprint density at radius 3 is 2.23 bits per heavy atom. The Bertz CT molecular complexity index is 1620. The molecule has 0 saturated heterocycles. The van der Waals surface area contributed by atoms with Crippen LogP contribution < -0.4 is 13.6 Å². The molecule has 2 aliphatic rings. The molecule has 0 spiro atoms. The fourth-order valence-corrected chi connectivity index (χ4v) is 23.7. The Hall–Kier alpha value is -1.70. The van der Waals surface area contributed by atoms with E-state index in [2.05, 4.69) is 120 Å². The fourth-order valence-electron chi connectivity index (χ4n) is 6.82. The molecule has 0 N–H and O–H groups in total. The zero-order chi connectivity index (χ0) is 27.5. The van der Waals surface area contributed by atoms with Gasteiger partial charge in [0.05, 0.1) is 0 Å². The van der Waals surface area contributed by atoms with Crippen molar-refractivity contribution in [3.8, 4) is 22.3 Å². The first-order valence-corrected chi connectivity index (χ1v) is 24.7. The van der Waals surface area contributed by atoms with E-state index in [0.29, 0.717) is 11.8 Å². The molecule has 0 fully saturated rings. The van der Waals surface area contributed by atoms with E-state index in [9.17, 15) is 0 Å². The number of allylic oxidation sites excluding steroid dienone is 1. The van der Waals surface area contributed by atoms with Crippen LogP contribution in [0.3, 0.4) is 0 Å². The Labute approximate surface area is 247 Å². The summed E-state index contributed by atoms with van der Waals surface area (Å²) in [5.41, 5.74) is 12.3. The van der Waals surface area contributed by atoms with E-state index in [0.717, 1.165) is 6.42 Å². The van der Waals surface area contributed by atoms with Crippen LogP contribution in [0.4, 0.5) is 0 Å². The average molecular weight is 647 g/mol. The van der Waals surface area contributed by atoms with E-state index in [-0.39, 0.29) is 3.63 Å². The van der Waals surface area contributed by atoms with Crippen LogP contribution in [0.15, 0.2) is 84.4 Å². The molecule has 1 aliphatic heterocycles. The van der Waals surface area contributed by atoms with Crippen molar-refractivity contribution in [3.63, 3.8) is 0 Å². The SMILES string of the molecule is CCC(C)C1=Cc2c(ccc(C(C)C)c2-c2ccccc2C)[CH]1[Zr]([Cl])([Cl])[c]1cccc2c1[SiH2]c1ccccc1-2. The van der Waals surface area contributed by atoms with Gasteiger partial charge in [0, 0.05) is 0 Å². The molecule has 39 heavy (non-hydrogen) atoms. The fraction of sp³-hybridized carbons (Fsp3) is 0.257. The Morgan fingerprint density at radius 1 is 0.821 bits per heavy atom. The van der Waals surface area contributed by atoms with Gasteiger partial charge in [-0.2, -0.15) is 0 Å². The van der Waals surface area contributed by atoms with Gasteiger partial charge in [0.25, 0.3) is 0 Å². The van der Waals surface area contributed by atoms with Crippen molar-refractivity contribution in [1.29, 1.82) is 0 Å². The van der Waals surface area contributed by atoms with Gasteiger partial charge in [0.15, 0.2) is 0 Å². The topological polar surface area (TPSA) is 0 Å². The van der Waals surface area contributed by atoms with Crippen LogP contribution in [0.5, 0.6) is 0 Å². The normalized spacial score (nSPS) is 17.2. The van der Waals surface area contributed by atoms with E-state index < -0.39 is 27.4 Å². The quantitative estimate of drug-likeness (QED) is 0.163. The number of fused-ring (bicyclic) bond motifs is 4. The minimum absolute atomic E-state index is 0.112. The molecule has 1 heterocycles. The summed E-state index contributed by atoms with van der Waals surface area (Å²) >= 11 is -4.00. The van der Waals surface area contributed by atoms with Crippen LogP contribution in [-0.4, -0.2) is 9.52 Å². The molecule has 198 valence electrons. The third kappa shape index (κ3) is 4.51. The second-order valence-corrected chi connectivity index (χ2v) is 27.5. The molecule has 0 bridgehead atoms. The van der Waals surface area contributed by atoms with E-state index in [4.69, 9.17) is 17.0 Å². The summed E-state index contributed by atoms with van der Waals surface area (Å²) in [7, 11) is 15.2. The molecule has 0 nitrogen and oxygen atoms in total. The van der Waals surface area contributed by atoms with Crippen molar-refractivity contribution in [2.75, 3.05) is 0 Å². The molecule has 1 aliphatic carbocycles. The van der Waals surface area contributed by atoms with E-state index >= 15 is 0 Å². The maximum atomic E-state index is 7.91. The zero-order valence-electron chi connectivity index (χ0n) is 23.5. The zero-order valence-corrected chi connectivity index (χ0v) is 28.9. The summed E-state index contributed by atoms with van der Waals surface area (Å²) in [4.78, 5) is 0. The minimum atomic E-state index is -4.00. The van der Waals surface area contributed by atoms with Crippen molar-refractivity contribution in [1.82, 2.24) is 0 Å². The molecular formula is C35H36Cl2SiZr. The van der Waals surface area contributed by atoms with Crippen molar-refractivity contribution >= 4 is 46.3 Å². The van der Waals surface area contributed by atoms with Gasteiger partial charge in [-0.15, -0.1) is 0 Å². The summed E-state index contributed by atoms with van der Waals surface area (Å²) in [6, 6.07) is 29.2. The number of hydrogen-bond donors (Lipinski definition) is 0. The number of halogens is 2. The Kier molecular flexibility index (Phi) is 7.47. The summed E-state index contributed by atoms with van der Waals surface area (Å²) < 4.78 is 1.42. The summed E-state index contributed by atoms with van der Waals surface area (Å²) in [6.07, 6.45) is 3.57. The van der Waals surface area contributed by atoms with Gasteiger partial charge < -0.3 is 0 Å². The Balaban J connectivity index is 1.58. The molecule has 0 radical (unpaired) electrons. The van der Waals surface area contributed by atoms with Crippen LogP contribution >= 0.6 is 17.0 Å². The second-order valence-electron chi connectivity index (χ2n) is 11.7. The van der Waals surface area contributed by atoms with E-state index in [1.807, 2.05) is 0 Å². The third-order valence-corrected chi connectivity index (χ3v) is 23.3. The standard InChI is InChI=1S/C23H27.C12H9Si.2ClH.Zr/c1-6-16(4)19-13-18-11-12-20(15(2)3)23(22(18)14-19)21-10-8-7-9-17(21)5;1-3-7-11-9(5-1)10-6-2-4-8-12(10)13-11;;;/h7-16H,6H2,1-5H3;1-7H,13H2;2*1H;/q;;;;+2/p-2. The monoisotopic (exact) mass is 644 g/mol. The molecule has 6 rings (SSSR count). The van der Waals surface area contributed by atoms with Crippen LogP contribution in [-0.2, 0) is 17.9 Å². The maximum absolute atomic E-state index is 7.91. The van der Waals surface area contributed by atoms with Gasteiger partial charge in [-0.3, -0.25) is 0 Å². The molecule has 4 heteroatoms. The van der Waals surface area contributed by atoms with Gasteiger partial charge >= 0.3 is 250 Å². The predicted molar refractivity (Wildman–Crippen MR) is 172 cm³/mol. The predicted octanol–water partition coefficient (Wildman–Crippen LogP) is 8.16. The van der Waals surface area contributed by atoms with Gasteiger partial charge in [0.2, 0.25) is 0 Å². The van der Waals surface area contributed by atoms with Gasteiger partial charge in [0.1, 0.15) is 0 Å². The van der Waals surface area contributed by atoms with Crippen LogP contribution in [0.2, 0.25) is 0 Å². The summed E-state index contributed by atoms with van der Waals surface area (Å²) in [6.45, 7) is 11.5. The molecular weight excluding hydrogens is 611 g/mol. The summed E-state index contributed by atoms with van der Waals surface area (Å²) in [5.74, 6) is 0.848. The number of aryl methyl sites for hydroxylation is 1. The molecule has 0 saturated carbocycles. The summed E-state index contributed by atoms with van der Waals surface area (Å²) in [5, 5.41) is 3.01. The number of hydrogen-bond acceptors (Lipinski definition) is 0. The molecule has 2 atom stereocenters. The first kappa shape index (κ1) is 27.5. The van der Waals surface area contributed by atoms with Crippen molar-refractivity contribution in [2.45, 2.75) is 50.6 Å². The van der Waals surface area contributed by atoms with Crippen LogP contribution in [0.1, 0.15) is 65.9 Å². The van der Waals surface area contributed by atoms with E-state index in [1.165, 1.54) is 63.7 Å². The van der Waals surface area contributed by atoms with Gasteiger partial charge in [-0.05, 0) is 0 Å². The van der Waals surface area contributed by atoms with Crippen LogP contribution in [0.25, 0.3) is 28.3 Å². The van der Waals surface area contributed by atoms with Gasteiger partial charge in [-0.1, -0.05) is 0 Å².